The molecule has 0 N–H and O–H groups in total. The normalized spacial score (nSPS) is 13.7. The van der Waals surface area contributed by atoms with Crippen LogP contribution in [0.15, 0.2) is 158 Å². The average molecular weight is 1060 g/mol. The summed E-state index contributed by atoms with van der Waals surface area (Å²) in [6, 6.07) is 44.8. The first-order valence-electron chi connectivity index (χ1n) is 26.0. The van der Waals surface area contributed by atoms with Crippen molar-refractivity contribution in [3.63, 3.8) is 0 Å². The Morgan fingerprint density at radius 3 is 2.10 bits per heavy atom. The van der Waals surface area contributed by atoms with Crippen LogP contribution in [0.3, 0.4) is 0 Å². The number of nitrogens with zero attached hydrogens (tertiary/aromatic N) is 4. The molecule has 3 heterocycles. The maximum absolute atomic E-state index is 9.24. The van der Waals surface area contributed by atoms with Crippen LogP contribution in [0.5, 0.6) is 11.5 Å². The molecule has 10 aromatic rings. The largest absolute Gasteiger partial charge is 0.510 e. The van der Waals surface area contributed by atoms with E-state index in [0.29, 0.717) is 39.8 Å². The van der Waals surface area contributed by atoms with E-state index in [-0.39, 0.29) is 55.5 Å². The van der Waals surface area contributed by atoms with Crippen molar-refractivity contribution in [2.24, 2.45) is 5.92 Å². The van der Waals surface area contributed by atoms with Gasteiger partial charge in [0.1, 0.15) is 5.82 Å². The van der Waals surface area contributed by atoms with Crippen LogP contribution >= 0.6 is 0 Å². The van der Waals surface area contributed by atoms with Crippen molar-refractivity contribution in [1.82, 2.24) is 14.1 Å². The second-order valence-electron chi connectivity index (χ2n) is 19.4. The third kappa shape index (κ3) is 8.78. The van der Waals surface area contributed by atoms with E-state index in [1.807, 2.05) is 125 Å². The zero-order valence-corrected chi connectivity index (χ0v) is 41.5. The molecule has 5 nitrogen and oxygen atoms in total. The van der Waals surface area contributed by atoms with Crippen molar-refractivity contribution in [2.45, 2.75) is 79.5 Å². The minimum absolute atomic E-state index is 0. The van der Waals surface area contributed by atoms with E-state index < -0.39 is 24.5 Å². The minimum atomic E-state index is -1.57. The van der Waals surface area contributed by atoms with Crippen LogP contribution in [-0.2, 0) is 38.3 Å². The van der Waals surface area contributed by atoms with Crippen LogP contribution < -0.4 is 9.30 Å². The first-order valence-corrected chi connectivity index (χ1v) is 22.5. The number of aryl methyl sites for hydroxylation is 1. The van der Waals surface area contributed by atoms with Gasteiger partial charge in [-0.05, 0) is 104 Å². The summed E-state index contributed by atoms with van der Waals surface area (Å²) in [6.45, 7) is 19.0. The zero-order chi connectivity index (χ0) is 52.1. The molecule has 0 aliphatic rings. The quantitative estimate of drug-likeness (QED) is 0.107. The molecule has 6 heteroatoms. The smallest absolute Gasteiger partial charge is 0.268 e. The number of hydrogen-bond donors (Lipinski definition) is 0. The Balaban J connectivity index is 0.00000672. The van der Waals surface area contributed by atoms with Crippen molar-refractivity contribution in [2.75, 3.05) is 0 Å². The van der Waals surface area contributed by atoms with Gasteiger partial charge in [-0.1, -0.05) is 164 Å². The van der Waals surface area contributed by atoms with Gasteiger partial charge in [0.25, 0.3) is 6.33 Å². The van der Waals surface area contributed by atoms with Gasteiger partial charge >= 0.3 is 0 Å². The average Bonchev–Trinajstić information content (AvgIpc) is 3.91. The third-order valence-corrected chi connectivity index (χ3v) is 12.1. The molecular weight excluding hydrogens is 1000 g/mol. The molecule has 0 saturated carbocycles. The Kier molecular flexibility index (Phi) is 10.0. The zero-order valence-electron chi connectivity index (χ0n) is 46.2. The molecule has 0 spiro atoms. The van der Waals surface area contributed by atoms with E-state index in [2.05, 4.69) is 84.3 Å². The molecule has 0 aliphatic carbocycles. The fraction of sp³-hybridized carbons (Fsp3) is 0.213. The first kappa shape index (κ1) is 37.5. The fourth-order valence-electron chi connectivity index (χ4n) is 8.80. The molecular formula is C61H56N4OPt-2. The third-order valence-electron chi connectivity index (χ3n) is 12.1. The van der Waals surface area contributed by atoms with Crippen LogP contribution in [0.2, 0.25) is 0 Å². The molecule has 0 radical (unpaired) electrons. The monoisotopic (exact) mass is 1060 g/mol. The van der Waals surface area contributed by atoms with Crippen molar-refractivity contribution in [1.29, 1.82) is 0 Å². The van der Waals surface area contributed by atoms with Gasteiger partial charge in [0, 0.05) is 47.0 Å². The molecule has 3 aromatic heterocycles. The van der Waals surface area contributed by atoms with Gasteiger partial charge in [-0.25, -0.2) is 4.98 Å². The SMILES string of the molecule is [2H]c1c([2H])c([2H])c(-c2cccc(-c3cc(C(C)(C)C)cc(C(C)(C)C)c3)c2-[n+]2[c-]n(-c3[c-]c(Oc4[c-]c5c(cc4)c4ccccc4n5-c4cc(C([2H])([2H])C(C)C)ccn4)ccc3)c3cccc(C)c32)c([2H])c1[2H].[Pt]. The van der Waals surface area contributed by atoms with Gasteiger partial charge in [0.15, 0.2) is 0 Å². The molecule has 10 rings (SSSR count). The van der Waals surface area contributed by atoms with E-state index in [1.54, 1.807) is 12.3 Å². The van der Waals surface area contributed by atoms with Gasteiger partial charge in [0.05, 0.1) is 23.6 Å². The summed E-state index contributed by atoms with van der Waals surface area (Å²) in [5.41, 5.74) is 10.1. The molecule has 0 atom stereocenters. The Hall–Kier alpha value is -6.55. The van der Waals surface area contributed by atoms with Crippen LogP contribution in [0.1, 0.15) is 87.2 Å². The summed E-state index contributed by atoms with van der Waals surface area (Å²) < 4.78 is 74.7. The first-order chi connectivity index (χ1) is 34.5. The summed E-state index contributed by atoms with van der Waals surface area (Å²) in [5.74, 6) is 1.18. The second-order valence-corrected chi connectivity index (χ2v) is 19.4. The Labute approximate surface area is 419 Å². The maximum Gasteiger partial charge on any atom is 0.268 e. The van der Waals surface area contributed by atoms with Crippen LogP contribution in [0.25, 0.3) is 72.3 Å². The summed E-state index contributed by atoms with van der Waals surface area (Å²) in [7, 11) is 0. The van der Waals surface area contributed by atoms with Crippen molar-refractivity contribution >= 4 is 32.8 Å². The molecule has 7 aromatic carbocycles. The van der Waals surface area contributed by atoms with Gasteiger partial charge < -0.3 is 13.9 Å². The van der Waals surface area contributed by atoms with E-state index >= 15 is 0 Å². The van der Waals surface area contributed by atoms with Crippen molar-refractivity contribution < 1.29 is 40.0 Å². The number of para-hydroxylation sites is 3. The molecule has 0 unspecified atom stereocenters. The molecule has 0 amide bonds. The standard InChI is InChI=1S/C61H56N4O.Pt/c1-40(2)32-42-30-31-62-57(33-42)65-54-26-14-13-23-52(54)53-29-28-49(38-56(53)65)66-48-22-16-21-47(37-48)63-39-64(58-41(3)18-15-27-55(58)63)59-50(43-19-11-10-12-20-43)24-17-25-51(59)44-34-45(60(4,5)6)36-46(35-44)61(7,8)9;/h10-31,33-36,40H,32H2,1-9H3;/q-2;/i10D,11D,12D,19D,20D,32D2;. The number of aromatic nitrogens is 4. The number of pyridine rings is 1. The fourth-order valence-corrected chi connectivity index (χ4v) is 8.80. The predicted molar refractivity (Wildman–Crippen MR) is 272 cm³/mol. The summed E-state index contributed by atoms with van der Waals surface area (Å²) in [4.78, 5) is 4.74. The van der Waals surface area contributed by atoms with Gasteiger partial charge in [-0.15, -0.1) is 29.7 Å². The van der Waals surface area contributed by atoms with E-state index in [4.69, 9.17) is 16.6 Å². The molecule has 338 valence electrons. The molecule has 0 saturated heterocycles. The molecule has 0 aliphatic heterocycles. The topological polar surface area (TPSA) is 35.9 Å². The van der Waals surface area contributed by atoms with Crippen LogP contribution in [0.4, 0.5) is 0 Å². The number of ether oxygens (including phenoxy) is 1. The maximum atomic E-state index is 9.24. The van der Waals surface area contributed by atoms with Gasteiger partial charge in [-0.3, -0.25) is 4.57 Å². The van der Waals surface area contributed by atoms with E-state index in [1.165, 1.54) is 0 Å². The molecule has 0 bridgehead atoms. The number of hydrogen-bond acceptors (Lipinski definition) is 2. The Bertz CT molecular complexity index is 3780. The number of rotatable bonds is 9. The summed E-state index contributed by atoms with van der Waals surface area (Å²) in [6.07, 6.45) is 3.76. The summed E-state index contributed by atoms with van der Waals surface area (Å²) >= 11 is 0. The van der Waals surface area contributed by atoms with Gasteiger partial charge in [-0.2, -0.15) is 18.2 Å². The molecule has 67 heavy (non-hydrogen) atoms. The van der Waals surface area contributed by atoms with Crippen LogP contribution in [0, 0.1) is 31.3 Å². The van der Waals surface area contributed by atoms with E-state index in [0.717, 1.165) is 60.7 Å². The molecule has 0 fully saturated rings. The number of imidazole rings is 1. The minimum Gasteiger partial charge on any atom is -0.510 e. The van der Waals surface area contributed by atoms with Gasteiger partial charge in [0.2, 0.25) is 0 Å². The summed E-state index contributed by atoms with van der Waals surface area (Å²) in [5, 5.41) is 1.94. The predicted octanol–water partition coefficient (Wildman–Crippen LogP) is 15.0. The number of fused-ring (bicyclic) bond motifs is 4. The van der Waals surface area contributed by atoms with Crippen molar-refractivity contribution in [3.05, 3.63) is 198 Å². The second kappa shape index (κ2) is 17.9. The van der Waals surface area contributed by atoms with E-state index in [9.17, 15) is 2.74 Å². The van der Waals surface area contributed by atoms with Crippen LogP contribution in [-0.4, -0.2) is 14.1 Å². The van der Waals surface area contributed by atoms with Crippen molar-refractivity contribution in [3.8, 4) is 50.9 Å². The Morgan fingerprint density at radius 1 is 0.701 bits per heavy atom. The number of benzene rings is 7. The Morgan fingerprint density at radius 2 is 1.37 bits per heavy atom.